The summed E-state index contributed by atoms with van der Waals surface area (Å²) in [6, 6.07) is 0. The van der Waals surface area contributed by atoms with Crippen LogP contribution < -0.4 is 0 Å². The number of likely N-dealkylation sites (tertiary alicyclic amines) is 1. The normalized spacial score (nSPS) is 21.9. The lowest BCUT2D eigenvalue weighted by molar-refractivity contribution is -1.06. The van der Waals surface area contributed by atoms with E-state index in [1.807, 2.05) is 0 Å². The first-order valence-corrected chi connectivity index (χ1v) is 23.1. The van der Waals surface area contributed by atoms with Crippen molar-refractivity contribution in [2.24, 2.45) is 28.6 Å². The van der Waals surface area contributed by atoms with E-state index in [0.717, 1.165) is 26.7 Å². The monoisotopic (exact) mass is 875 g/mol. The SMILES string of the molecule is CC#CC#CC#CC#CC#CC#CC#CC#CC#CC#CC#CC.CC(C)(C)CC1C(C)(C)[N+](C)(C)C1(C)C.CC(C)(C)CC1C2C(C)(C)[N+](C)(C1(C)C)C2(C)C.CC(C)(C)[N+](C)(C)C. The third kappa shape index (κ3) is 14.8. The number of rotatable bonds is 2. The molecule has 3 nitrogen and oxygen atoms in total. The lowest BCUT2D eigenvalue weighted by Crippen LogP contribution is -2.84. The van der Waals surface area contributed by atoms with Crippen molar-refractivity contribution < 1.29 is 13.4 Å². The summed E-state index contributed by atoms with van der Waals surface area (Å²) in [6.07, 6.45) is 2.68. The van der Waals surface area contributed by atoms with Gasteiger partial charge in [0.15, 0.2) is 0 Å². The van der Waals surface area contributed by atoms with Crippen molar-refractivity contribution >= 4 is 0 Å². The summed E-state index contributed by atoms with van der Waals surface area (Å²) in [7, 11) is 13.9. The molecule has 4 aliphatic heterocycles. The van der Waals surface area contributed by atoms with Gasteiger partial charge < -0.3 is 13.4 Å². The Morgan fingerprint density at radius 2 is 0.615 bits per heavy atom. The molecule has 1 atom stereocenters. The van der Waals surface area contributed by atoms with E-state index >= 15 is 0 Å². The van der Waals surface area contributed by atoms with Crippen LogP contribution in [0.25, 0.3) is 0 Å². The summed E-state index contributed by atoms with van der Waals surface area (Å²) in [5.74, 6) is 58.1. The van der Waals surface area contributed by atoms with Gasteiger partial charge in [0, 0.05) is 29.6 Å². The van der Waals surface area contributed by atoms with Crippen molar-refractivity contribution in [1.82, 2.24) is 0 Å². The molecule has 0 spiro atoms. The molecule has 0 aromatic heterocycles. The fraction of sp³-hybridized carbons (Fsp3) is 0.645. The second-order valence-corrected chi connectivity index (χ2v) is 25.1. The van der Waals surface area contributed by atoms with Crippen molar-refractivity contribution in [3.05, 3.63) is 0 Å². The van der Waals surface area contributed by atoms with Gasteiger partial charge >= 0.3 is 0 Å². The van der Waals surface area contributed by atoms with Gasteiger partial charge in [-0.05, 0) is 222 Å². The number of hydrogen-bond donors (Lipinski definition) is 0. The maximum atomic E-state index is 2.63. The molecule has 0 amide bonds. The van der Waals surface area contributed by atoms with Gasteiger partial charge in [0.2, 0.25) is 0 Å². The van der Waals surface area contributed by atoms with Crippen LogP contribution in [0.3, 0.4) is 0 Å². The summed E-state index contributed by atoms with van der Waals surface area (Å²) in [5, 5.41) is 0. The molecule has 0 aliphatic carbocycles. The van der Waals surface area contributed by atoms with E-state index in [0.29, 0.717) is 44.1 Å². The van der Waals surface area contributed by atoms with E-state index in [-0.39, 0.29) is 0 Å². The summed E-state index contributed by atoms with van der Waals surface area (Å²) in [6.45, 7) is 49.1. The lowest BCUT2D eigenvalue weighted by Gasteiger charge is -2.71. The van der Waals surface area contributed by atoms with Gasteiger partial charge in [0.1, 0.15) is 22.2 Å². The zero-order chi connectivity index (χ0) is 51.2. The molecule has 65 heavy (non-hydrogen) atoms. The highest BCUT2D eigenvalue weighted by Crippen LogP contribution is 2.73. The molecule has 4 aliphatic rings. The molecule has 0 N–H and O–H groups in total. The molecular weight excluding hydrogens is 787 g/mol. The zero-order valence-corrected chi connectivity index (χ0v) is 46.5. The summed E-state index contributed by atoms with van der Waals surface area (Å²) in [4.78, 5) is 0. The maximum Gasteiger partial charge on any atom is 0.104 e. The van der Waals surface area contributed by atoms with E-state index in [2.05, 4.69) is 304 Å². The van der Waals surface area contributed by atoms with E-state index in [1.165, 1.54) is 17.3 Å². The first-order valence-electron chi connectivity index (χ1n) is 23.1. The van der Waals surface area contributed by atoms with Gasteiger partial charge in [0.05, 0.1) is 65.2 Å². The van der Waals surface area contributed by atoms with Crippen molar-refractivity contribution in [2.45, 2.75) is 191 Å². The molecule has 3 heteroatoms. The Hall–Kier alpha value is -4.96. The van der Waals surface area contributed by atoms with E-state index in [1.54, 1.807) is 13.8 Å². The summed E-state index contributed by atoms with van der Waals surface area (Å²) in [5.41, 5.74) is 3.34. The largest absolute Gasteiger partial charge is 0.327 e. The van der Waals surface area contributed by atoms with Crippen molar-refractivity contribution in [3.8, 4) is 130 Å². The second kappa shape index (κ2) is 22.5. The smallest absolute Gasteiger partial charge is 0.104 e. The number of quaternary nitrogens is 3. The first-order chi connectivity index (χ1) is 29.2. The molecule has 4 rings (SSSR count). The predicted molar refractivity (Wildman–Crippen MR) is 282 cm³/mol. The minimum Gasteiger partial charge on any atom is -0.327 e. The highest BCUT2D eigenvalue weighted by atomic mass is 15.6. The molecule has 2 bridgehead atoms. The van der Waals surface area contributed by atoms with Gasteiger partial charge in [-0.3, -0.25) is 0 Å². The molecule has 0 aromatic carbocycles. The van der Waals surface area contributed by atoms with Gasteiger partial charge in [-0.1, -0.05) is 53.4 Å². The molecule has 348 valence electrons. The second-order valence-electron chi connectivity index (χ2n) is 25.1. The highest BCUT2D eigenvalue weighted by molar-refractivity contribution is 5.47. The summed E-state index contributed by atoms with van der Waals surface area (Å²) < 4.78 is 3.40. The van der Waals surface area contributed by atoms with Gasteiger partial charge in [-0.2, -0.15) is 0 Å². The standard InChI is InChI=1S/C24H6.C17H34N.C14H30N.C7H18N/c1-3-5-7-9-11-13-15-17-19-21-23-24-22-20-18-16-14-12-10-8-6-4-2;1-14(2,3)11-12-13-16(6,7)18(10,15(12,4)5)17(13,8)9;1-12(2,3)10-11-13(4,5)15(8,9)14(11,6)7;1-7(2,3)8(4,5)6/h1-2H3;12-13H,11H2,1-10H3;11H,10H2,1-9H3;1-6H3/q;3*+1. The van der Waals surface area contributed by atoms with Gasteiger partial charge in [-0.25, -0.2) is 0 Å². The average molecular weight is 875 g/mol. The maximum absolute atomic E-state index is 2.63. The molecule has 0 saturated carbocycles. The van der Waals surface area contributed by atoms with Crippen molar-refractivity contribution in [1.29, 1.82) is 0 Å². The third-order valence-electron chi connectivity index (χ3n) is 16.0. The third-order valence-corrected chi connectivity index (χ3v) is 16.0. The molecule has 4 heterocycles. The average Bonchev–Trinajstić information content (AvgIpc) is 3.34. The van der Waals surface area contributed by atoms with Crippen LogP contribution in [0.1, 0.15) is 158 Å². The Morgan fingerprint density at radius 1 is 0.385 bits per heavy atom. The van der Waals surface area contributed by atoms with Crippen LogP contribution >= 0.6 is 0 Å². The predicted octanol–water partition coefficient (Wildman–Crippen LogP) is 10.7. The lowest BCUT2D eigenvalue weighted by atomic mass is 9.56. The minimum absolute atomic E-state index is 0.375. The van der Waals surface area contributed by atoms with E-state index in [9.17, 15) is 0 Å². The van der Waals surface area contributed by atoms with Crippen LogP contribution in [0, 0.1) is 159 Å². The van der Waals surface area contributed by atoms with Crippen LogP contribution in [0.5, 0.6) is 0 Å². The molecule has 0 radical (unpaired) electrons. The van der Waals surface area contributed by atoms with Gasteiger partial charge in [-0.15, -0.1) is 0 Å². The van der Waals surface area contributed by atoms with E-state index < -0.39 is 0 Å². The Balaban J connectivity index is 0.000000888. The molecular formula is C62H88N3+3. The van der Waals surface area contributed by atoms with Crippen LogP contribution in [0.15, 0.2) is 0 Å². The Morgan fingerprint density at radius 3 is 0.785 bits per heavy atom. The summed E-state index contributed by atoms with van der Waals surface area (Å²) >= 11 is 0. The van der Waals surface area contributed by atoms with Crippen molar-refractivity contribution in [3.63, 3.8) is 0 Å². The van der Waals surface area contributed by atoms with Crippen molar-refractivity contribution in [2.75, 3.05) is 42.3 Å². The highest BCUT2D eigenvalue weighted by Gasteiger charge is 2.86. The molecule has 1 unspecified atom stereocenters. The quantitative estimate of drug-likeness (QED) is 0.192. The number of fused-ring (bicyclic) bond motifs is 1. The number of nitrogens with zero attached hydrogens (tertiary/aromatic N) is 3. The molecule has 4 saturated heterocycles. The first kappa shape index (κ1) is 60.0. The topological polar surface area (TPSA) is 0 Å². The van der Waals surface area contributed by atoms with Gasteiger partial charge in [0.25, 0.3) is 0 Å². The van der Waals surface area contributed by atoms with Crippen LogP contribution in [-0.2, 0) is 0 Å². The van der Waals surface area contributed by atoms with Crippen LogP contribution in [0.4, 0.5) is 0 Å². The van der Waals surface area contributed by atoms with E-state index in [4.69, 9.17) is 0 Å². The minimum atomic E-state index is 0.375. The molecule has 0 aromatic rings. The zero-order valence-electron chi connectivity index (χ0n) is 46.5. The Bertz CT molecular complexity index is 2280. The number of hydrogen-bond acceptors (Lipinski definition) is 0. The Kier molecular flexibility index (Phi) is 20.8. The van der Waals surface area contributed by atoms with Crippen LogP contribution in [-0.4, -0.2) is 89.0 Å². The fourth-order valence-electron chi connectivity index (χ4n) is 10.5. The van der Waals surface area contributed by atoms with Crippen LogP contribution in [0.2, 0.25) is 0 Å². The fourth-order valence-corrected chi connectivity index (χ4v) is 10.5. The molecule has 4 fully saturated rings. The Labute approximate surface area is 404 Å².